The van der Waals surface area contributed by atoms with E-state index in [-0.39, 0.29) is 23.7 Å². The average Bonchev–Trinajstić information content (AvgIpc) is 2.37. The summed E-state index contributed by atoms with van der Waals surface area (Å²) in [4.78, 5) is 21.2. The number of carbonyl (C=O) groups is 1. The fourth-order valence-corrected chi connectivity index (χ4v) is 1.72. The van der Waals surface area contributed by atoms with Gasteiger partial charge < -0.3 is 10.4 Å². The second-order valence-electron chi connectivity index (χ2n) is 4.67. The number of nitrogens with one attached hydrogen (secondary N) is 1. The Kier molecular flexibility index (Phi) is 5.03. The molecule has 1 atom stereocenters. The summed E-state index contributed by atoms with van der Waals surface area (Å²) in [5.74, 6) is -1.58. The highest BCUT2D eigenvalue weighted by atomic mass is 16.6. The highest BCUT2D eigenvalue weighted by Gasteiger charge is 2.21. The van der Waals surface area contributed by atoms with Gasteiger partial charge in [-0.2, -0.15) is 5.26 Å². The van der Waals surface area contributed by atoms with Crippen LogP contribution in [-0.4, -0.2) is 22.5 Å². The molecule has 1 rings (SSSR count). The molecule has 0 fully saturated rings. The number of anilines is 1. The van der Waals surface area contributed by atoms with Crippen LogP contribution in [0.2, 0.25) is 0 Å². The quantitative estimate of drug-likeness (QED) is 0.608. The molecular weight excluding hydrogens is 262 g/mol. The standard InChI is InChI=1S/C13H15N3O4/c1-8(2)11(13(17)18)7-15-10-4-3-9(6-14)12(5-10)16(19)20/h3-5,8,11,15H,7H2,1-2H3,(H,17,18). The summed E-state index contributed by atoms with van der Waals surface area (Å²) in [6.07, 6.45) is 0. The molecule has 2 N–H and O–H groups in total. The Bertz CT molecular complexity index is 563. The van der Waals surface area contributed by atoms with Crippen LogP contribution in [0.15, 0.2) is 18.2 Å². The molecule has 106 valence electrons. The molecule has 1 aromatic rings. The van der Waals surface area contributed by atoms with Crippen molar-refractivity contribution in [2.45, 2.75) is 13.8 Å². The zero-order valence-corrected chi connectivity index (χ0v) is 11.2. The molecule has 0 aliphatic heterocycles. The normalized spacial score (nSPS) is 11.7. The smallest absolute Gasteiger partial charge is 0.308 e. The Morgan fingerprint density at radius 3 is 2.65 bits per heavy atom. The lowest BCUT2D eigenvalue weighted by Crippen LogP contribution is -2.27. The summed E-state index contributed by atoms with van der Waals surface area (Å²) in [6.45, 7) is 3.75. The van der Waals surface area contributed by atoms with Crippen molar-refractivity contribution < 1.29 is 14.8 Å². The van der Waals surface area contributed by atoms with E-state index in [2.05, 4.69) is 5.32 Å². The van der Waals surface area contributed by atoms with Gasteiger partial charge in [-0.1, -0.05) is 13.8 Å². The van der Waals surface area contributed by atoms with E-state index >= 15 is 0 Å². The number of carboxylic acids is 1. The molecule has 0 aliphatic carbocycles. The van der Waals surface area contributed by atoms with Crippen LogP contribution in [-0.2, 0) is 4.79 Å². The van der Waals surface area contributed by atoms with Gasteiger partial charge in [-0.3, -0.25) is 14.9 Å². The molecular formula is C13H15N3O4. The summed E-state index contributed by atoms with van der Waals surface area (Å²) >= 11 is 0. The maximum Gasteiger partial charge on any atom is 0.308 e. The first-order valence-electron chi connectivity index (χ1n) is 6.02. The SMILES string of the molecule is CC(C)C(CNc1ccc(C#N)c([N+](=O)[O-])c1)C(=O)O. The van der Waals surface area contributed by atoms with Gasteiger partial charge in [0.25, 0.3) is 5.69 Å². The molecule has 0 radical (unpaired) electrons. The van der Waals surface area contributed by atoms with Gasteiger partial charge in [0.2, 0.25) is 0 Å². The first-order valence-corrected chi connectivity index (χ1v) is 6.02. The molecule has 0 spiro atoms. The van der Waals surface area contributed by atoms with Crippen molar-refractivity contribution in [1.82, 2.24) is 0 Å². The fraction of sp³-hybridized carbons (Fsp3) is 0.385. The van der Waals surface area contributed by atoms with E-state index < -0.39 is 16.8 Å². The van der Waals surface area contributed by atoms with Gasteiger partial charge >= 0.3 is 5.97 Å². The number of hydrogen-bond acceptors (Lipinski definition) is 5. The Balaban J connectivity index is 2.89. The first-order chi connectivity index (χ1) is 9.36. The van der Waals surface area contributed by atoms with Gasteiger partial charge in [0, 0.05) is 18.3 Å². The van der Waals surface area contributed by atoms with Gasteiger partial charge in [-0.15, -0.1) is 0 Å². The Morgan fingerprint density at radius 2 is 2.20 bits per heavy atom. The fourth-order valence-electron chi connectivity index (χ4n) is 1.72. The molecule has 20 heavy (non-hydrogen) atoms. The lowest BCUT2D eigenvalue weighted by Gasteiger charge is -2.17. The zero-order chi connectivity index (χ0) is 15.3. The minimum atomic E-state index is -0.921. The molecule has 0 aromatic heterocycles. The molecule has 0 saturated heterocycles. The third kappa shape index (κ3) is 3.68. The number of carboxylic acid groups (broad SMARTS) is 1. The summed E-state index contributed by atoms with van der Waals surface area (Å²) in [6, 6.07) is 5.83. The maximum absolute atomic E-state index is 11.0. The summed E-state index contributed by atoms with van der Waals surface area (Å²) in [5.41, 5.74) is 0.0933. The van der Waals surface area contributed by atoms with Crippen LogP contribution in [0.5, 0.6) is 0 Å². The van der Waals surface area contributed by atoms with Crippen molar-refractivity contribution in [3.8, 4) is 6.07 Å². The van der Waals surface area contributed by atoms with Crippen molar-refractivity contribution in [2.24, 2.45) is 11.8 Å². The van der Waals surface area contributed by atoms with E-state index in [1.807, 2.05) is 0 Å². The molecule has 1 aromatic carbocycles. The third-order valence-electron chi connectivity index (χ3n) is 2.96. The second kappa shape index (κ2) is 6.52. The van der Waals surface area contributed by atoms with Crippen LogP contribution in [0.25, 0.3) is 0 Å². The van der Waals surface area contributed by atoms with Crippen LogP contribution in [0, 0.1) is 33.3 Å². The monoisotopic (exact) mass is 277 g/mol. The van der Waals surface area contributed by atoms with Crippen LogP contribution in [0.1, 0.15) is 19.4 Å². The molecule has 0 heterocycles. The molecule has 7 heteroatoms. The van der Waals surface area contributed by atoms with Crippen molar-refractivity contribution in [3.05, 3.63) is 33.9 Å². The molecule has 0 amide bonds. The van der Waals surface area contributed by atoms with E-state index in [9.17, 15) is 14.9 Å². The van der Waals surface area contributed by atoms with E-state index in [1.54, 1.807) is 19.9 Å². The maximum atomic E-state index is 11.0. The number of nitro groups is 1. The summed E-state index contributed by atoms with van der Waals surface area (Å²) in [7, 11) is 0. The lowest BCUT2D eigenvalue weighted by molar-refractivity contribution is -0.385. The van der Waals surface area contributed by atoms with E-state index in [0.717, 1.165) is 0 Å². The highest BCUT2D eigenvalue weighted by molar-refractivity contribution is 5.71. The number of hydrogen-bond donors (Lipinski definition) is 2. The van der Waals surface area contributed by atoms with Crippen molar-refractivity contribution in [2.75, 3.05) is 11.9 Å². The van der Waals surface area contributed by atoms with Gasteiger partial charge in [0.15, 0.2) is 0 Å². The molecule has 0 aliphatic rings. The van der Waals surface area contributed by atoms with Crippen LogP contribution < -0.4 is 5.32 Å². The Labute approximate surface area is 116 Å². The van der Waals surface area contributed by atoms with Crippen LogP contribution in [0.3, 0.4) is 0 Å². The van der Waals surface area contributed by atoms with Crippen LogP contribution >= 0.6 is 0 Å². The second-order valence-corrected chi connectivity index (χ2v) is 4.67. The first kappa shape index (κ1) is 15.4. The number of rotatable bonds is 6. The highest BCUT2D eigenvalue weighted by Crippen LogP contribution is 2.23. The van der Waals surface area contributed by atoms with E-state index in [1.165, 1.54) is 18.2 Å². The molecule has 7 nitrogen and oxygen atoms in total. The molecule has 0 saturated carbocycles. The van der Waals surface area contributed by atoms with E-state index in [0.29, 0.717) is 5.69 Å². The van der Waals surface area contributed by atoms with Gasteiger partial charge in [0.05, 0.1) is 10.8 Å². The minimum absolute atomic E-state index is 0.0285. The molecule has 1 unspecified atom stereocenters. The Hall–Kier alpha value is -2.62. The predicted octanol–water partition coefficient (Wildman–Crippen LogP) is 2.24. The van der Waals surface area contributed by atoms with Crippen molar-refractivity contribution in [1.29, 1.82) is 5.26 Å². The summed E-state index contributed by atoms with van der Waals surface area (Å²) < 4.78 is 0. The summed E-state index contributed by atoms with van der Waals surface area (Å²) in [5, 5.41) is 31.5. The van der Waals surface area contributed by atoms with E-state index in [4.69, 9.17) is 10.4 Å². The minimum Gasteiger partial charge on any atom is -0.481 e. The largest absolute Gasteiger partial charge is 0.481 e. The van der Waals surface area contributed by atoms with Crippen molar-refractivity contribution in [3.63, 3.8) is 0 Å². The topological polar surface area (TPSA) is 116 Å². The third-order valence-corrected chi connectivity index (χ3v) is 2.96. The number of nitro benzene ring substituents is 1. The van der Waals surface area contributed by atoms with Crippen molar-refractivity contribution >= 4 is 17.3 Å². The lowest BCUT2D eigenvalue weighted by atomic mass is 9.96. The predicted molar refractivity (Wildman–Crippen MR) is 72.3 cm³/mol. The number of nitriles is 1. The van der Waals surface area contributed by atoms with Gasteiger partial charge in [0.1, 0.15) is 11.6 Å². The number of benzene rings is 1. The van der Waals surface area contributed by atoms with Gasteiger partial charge in [-0.05, 0) is 18.1 Å². The number of nitrogens with zero attached hydrogens (tertiary/aromatic N) is 2. The van der Waals surface area contributed by atoms with Gasteiger partial charge in [-0.25, -0.2) is 0 Å². The number of aliphatic carboxylic acids is 1. The van der Waals surface area contributed by atoms with Crippen LogP contribution in [0.4, 0.5) is 11.4 Å². The zero-order valence-electron chi connectivity index (χ0n) is 11.2. The average molecular weight is 277 g/mol. The Morgan fingerprint density at radius 1 is 1.55 bits per heavy atom. The molecule has 0 bridgehead atoms.